The van der Waals surface area contributed by atoms with Crippen LogP contribution in [0.1, 0.15) is 12.8 Å². The summed E-state index contributed by atoms with van der Waals surface area (Å²) in [4.78, 5) is 9.88. The first-order valence-electron chi connectivity index (χ1n) is 3.50. The van der Waals surface area contributed by atoms with Crippen LogP contribution in [0.15, 0.2) is 0 Å². The normalized spacial score (nSPS) is 28.3. The van der Waals surface area contributed by atoms with E-state index in [9.17, 15) is 9.18 Å². The van der Waals surface area contributed by atoms with Crippen LogP contribution in [0.5, 0.6) is 0 Å². The molecule has 0 aromatic heterocycles. The van der Waals surface area contributed by atoms with Crippen LogP contribution in [0.2, 0.25) is 0 Å². The van der Waals surface area contributed by atoms with E-state index in [-0.39, 0.29) is 5.92 Å². The molecule has 0 amide bonds. The van der Waals surface area contributed by atoms with Crippen molar-refractivity contribution in [3.63, 3.8) is 0 Å². The Labute approximate surface area is 59.4 Å². The summed E-state index contributed by atoms with van der Waals surface area (Å²) in [6.45, 7) is 1.34. The van der Waals surface area contributed by atoms with Crippen LogP contribution in [0.4, 0.5) is 4.39 Å². The van der Waals surface area contributed by atoms with Gasteiger partial charge in [-0.3, -0.25) is 0 Å². The number of carbonyl (C=O) groups is 1. The van der Waals surface area contributed by atoms with Gasteiger partial charge in [0.15, 0.2) is 12.5 Å². The second-order valence-electron chi connectivity index (χ2n) is 2.62. The van der Waals surface area contributed by atoms with Crippen LogP contribution >= 0.6 is 0 Å². The minimum absolute atomic E-state index is 0.264. The molecule has 2 nitrogen and oxygen atoms in total. The lowest BCUT2D eigenvalue weighted by molar-refractivity contribution is -0.112. The molecule has 58 valence electrons. The van der Waals surface area contributed by atoms with Crippen molar-refractivity contribution in [2.75, 3.05) is 13.2 Å². The van der Waals surface area contributed by atoms with Gasteiger partial charge >= 0.3 is 0 Å². The van der Waals surface area contributed by atoms with Crippen molar-refractivity contribution >= 4 is 6.29 Å². The van der Waals surface area contributed by atoms with E-state index >= 15 is 0 Å². The summed E-state index contributed by atoms with van der Waals surface area (Å²) in [5.41, 5.74) is 0. The molecule has 1 heterocycles. The van der Waals surface area contributed by atoms with Crippen molar-refractivity contribution in [3.05, 3.63) is 0 Å². The second kappa shape index (κ2) is 3.66. The average molecular weight is 146 g/mol. The molecule has 2 atom stereocenters. The van der Waals surface area contributed by atoms with Crippen LogP contribution in [-0.2, 0) is 9.53 Å². The summed E-state index contributed by atoms with van der Waals surface area (Å²) in [6.07, 6.45) is 0.308. The Kier molecular flexibility index (Phi) is 2.81. The highest BCUT2D eigenvalue weighted by molar-refractivity contribution is 5.55. The van der Waals surface area contributed by atoms with Crippen LogP contribution in [0.25, 0.3) is 0 Å². The fourth-order valence-corrected chi connectivity index (χ4v) is 1.14. The molecule has 0 N–H and O–H groups in total. The summed E-state index contributed by atoms with van der Waals surface area (Å²) in [5.74, 6) is 0.264. The van der Waals surface area contributed by atoms with Crippen molar-refractivity contribution < 1.29 is 13.9 Å². The number of ether oxygens (including phenoxy) is 1. The zero-order valence-electron chi connectivity index (χ0n) is 5.75. The molecule has 0 saturated carbocycles. The lowest BCUT2D eigenvalue weighted by atomic mass is 10.0. The quantitative estimate of drug-likeness (QED) is 0.554. The molecule has 0 bridgehead atoms. The molecule has 0 aliphatic carbocycles. The molecule has 1 aliphatic rings. The predicted molar refractivity (Wildman–Crippen MR) is 34.5 cm³/mol. The minimum atomic E-state index is -1.29. The molecule has 1 rings (SSSR count). The van der Waals surface area contributed by atoms with Crippen molar-refractivity contribution in [1.29, 1.82) is 0 Å². The van der Waals surface area contributed by atoms with Gasteiger partial charge in [-0.25, -0.2) is 4.39 Å². The van der Waals surface area contributed by atoms with Gasteiger partial charge < -0.3 is 9.53 Å². The zero-order chi connectivity index (χ0) is 7.40. The SMILES string of the molecule is O=CC(F)CC1CCOC1. The molecule has 0 radical (unpaired) electrons. The van der Waals surface area contributed by atoms with E-state index < -0.39 is 6.17 Å². The lowest BCUT2D eigenvalue weighted by Gasteiger charge is -2.05. The minimum Gasteiger partial charge on any atom is -0.381 e. The summed E-state index contributed by atoms with van der Waals surface area (Å²) >= 11 is 0. The first kappa shape index (κ1) is 7.66. The van der Waals surface area contributed by atoms with Crippen LogP contribution in [0.3, 0.4) is 0 Å². The Morgan fingerprint density at radius 1 is 1.80 bits per heavy atom. The number of alkyl halides is 1. The molecule has 10 heavy (non-hydrogen) atoms. The molecule has 0 spiro atoms. The number of rotatable bonds is 3. The van der Waals surface area contributed by atoms with E-state index in [0.717, 1.165) is 13.0 Å². The number of aldehydes is 1. The zero-order valence-corrected chi connectivity index (χ0v) is 5.75. The Hall–Kier alpha value is -0.440. The van der Waals surface area contributed by atoms with Crippen molar-refractivity contribution in [2.45, 2.75) is 19.0 Å². The van der Waals surface area contributed by atoms with Crippen molar-refractivity contribution in [3.8, 4) is 0 Å². The Balaban J connectivity index is 2.17. The number of carbonyl (C=O) groups excluding carboxylic acids is 1. The smallest absolute Gasteiger partial charge is 0.155 e. The number of hydrogen-bond donors (Lipinski definition) is 0. The van der Waals surface area contributed by atoms with E-state index in [0.29, 0.717) is 19.3 Å². The summed E-state index contributed by atoms with van der Waals surface area (Å²) in [7, 11) is 0. The van der Waals surface area contributed by atoms with E-state index in [1.165, 1.54) is 0 Å². The molecule has 1 fully saturated rings. The van der Waals surface area contributed by atoms with Crippen LogP contribution in [-0.4, -0.2) is 25.7 Å². The van der Waals surface area contributed by atoms with Gasteiger partial charge in [-0.1, -0.05) is 0 Å². The van der Waals surface area contributed by atoms with Crippen LogP contribution in [0, 0.1) is 5.92 Å². The highest BCUT2D eigenvalue weighted by atomic mass is 19.1. The molecular weight excluding hydrogens is 135 g/mol. The first-order chi connectivity index (χ1) is 4.83. The maximum Gasteiger partial charge on any atom is 0.155 e. The third kappa shape index (κ3) is 2.06. The Morgan fingerprint density at radius 2 is 2.60 bits per heavy atom. The molecule has 0 aromatic carbocycles. The number of hydrogen-bond acceptors (Lipinski definition) is 2. The lowest BCUT2D eigenvalue weighted by Crippen LogP contribution is -2.10. The van der Waals surface area contributed by atoms with E-state index in [4.69, 9.17) is 4.74 Å². The molecule has 1 saturated heterocycles. The summed E-state index contributed by atoms with van der Waals surface area (Å²) < 4.78 is 17.4. The maximum absolute atomic E-state index is 12.4. The van der Waals surface area contributed by atoms with Crippen molar-refractivity contribution in [2.24, 2.45) is 5.92 Å². The fraction of sp³-hybridized carbons (Fsp3) is 0.857. The number of halogens is 1. The van der Waals surface area contributed by atoms with Crippen molar-refractivity contribution in [1.82, 2.24) is 0 Å². The largest absolute Gasteiger partial charge is 0.381 e. The van der Waals surface area contributed by atoms with E-state index in [1.807, 2.05) is 0 Å². The third-order valence-electron chi connectivity index (χ3n) is 1.73. The van der Waals surface area contributed by atoms with Gasteiger partial charge in [-0.05, 0) is 18.8 Å². The highest BCUT2D eigenvalue weighted by Crippen LogP contribution is 2.18. The second-order valence-corrected chi connectivity index (χ2v) is 2.62. The monoisotopic (exact) mass is 146 g/mol. The topological polar surface area (TPSA) is 26.3 Å². The average Bonchev–Trinajstić information content (AvgIpc) is 2.40. The standard InChI is InChI=1S/C7H11FO2/c8-7(4-9)3-6-1-2-10-5-6/h4,6-7H,1-3,5H2. The molecule has 0 aromatic rings. The molecular formula is C7H11FO2. The molecule has 3 heteroatoms. The fourth-order valence-electron chi connectivity index (χ4n) is 1.14. The van der Waals surface area contributed by atoms with Gasteiger partial charge in [0.05, 0.1) is 0 Å². The first-order valence-corrected chi connectivity index (χ1v) is 3.50. The Bertz CT molecular complexity index is 110. The maximum atomic E-state index is 12.4. The van der Waals surface area contributed by atoms with Crippen LogP contribution < -0.4 is 0 Å². The summed E-state index contributed by atoms with van der Waals surface area (Å²) in [6, 6.07) is 0. The van der Waals surface area contributed by atoms with Gasteiger partial charge in [0.1, 0.15) is 0 Å². The highest BCUT2D eigenvalue weighted by Gasteiger charge is 2.19. The van der Waals surface area contributed by atoms with Gasteiger partial charge in [-0.2, -0.15) is 0 Å². The van der Waals surface area contributed by atoms with Gasteiger partial charge in [0.2, 0.25) is 0 Å². The van der Waals surface area contributed by atoms with E-state index in [2.05, 4.69) is 0 Å². The van der Waals surface area contributed by atoms with Gasteiger partial charge in [0.25, 0.3) is 0 Å². The third-order valence-corrected chi connectivity index (χ3v) is 1.73. The van der Waals surface area contributed by atoms with E-state index in [1.54, 1.807) is 0 Å². The van der Waals surface area contributed by atoms with Gasteiger partial charge in [0, 0.05) is 13.2 Å². The van der Waals surface area contributed by atoms with Gasteiger partial charge in [-0.15, -0.1) is 0 Å². The Morgan fingerprint density at radius 3 is 3.10 bits per heavy atom. The molecule has 2 unspecified atom stereocenters. The predicted octanol–water partition coefficient (Wildman–Crippen LogP) is 0.950. The summed E-state index contributed by atoms with van der Waals surface area (Å²) in [5, 5.41) is 0. The molecule has 1 aliphatic heterocycles.